The van der Waals surface area contributed by atoms with Crippen molar-refractivity contribution in [3.8, 4) is 0 Å². The molecule has 0 aromatic heterocycles. The Morgan fingerprint density at radius 1 is 1.30 bits per heavy atom. The van der Waals surface area contributed by atoms with Gasteiger partial charge in [0, 0.05) is 26.1 Å². The normalized spacial score (nSPS) is 12.0. The van der Waals surface area contributed by atoms with Gasteiger partial charge >= 0.3 is 8.56 Å². The third-order valence-corrected chi connectivity index (χ3v) is 5.84. The van der Waals surface area contributed by atoms with Crippen molar-refractivity contribution in [2.45, 2.75) is 19.0 Å². The molecule has 0 saturated heterocycles. The second kappa shape index (κ2) is 5.13. The molecule has 4 heteroatoms. The van der Waals surface area contributed by atoms with E-state index in [4.69, 9.17) is 20.5 Å². The number of halogens is 1. The molecule has 0 rings (SSSR count). The summed E-state index contributed by atoms with van der Waals surface area (Å²) in [5.74, 6) is 0.627. The highest BCUT2D eigenvalue weighted by atomic mass is 35.5. The molecule has 0 N–H and O–H groups in total. The van der Waals surface area contributed by atoms with Gasteiger partial charge in [-0.1, -0.05) is 6.92 Å². The molecule has 0 spiro atoms. The molecule has 0 bridgehead atoms. The van der Waals surface area contributed by atoms with Crippen LogP contribution in [-0.4, -0.2) is 28.7 Å². The molecular weight excluding hydrogens is 168 g/mol. The maximum Gasteiger partial charge on any atom is 0.338 e. The van der Waals surface area contributed by atoms with Crippen molar-refractivity contribution in [1.29, 1.82) is 0 Å². The highest BCUT2D eigenvalue weighted by molar-refractivity contribution is 6.68. The first-order valence-electron chi connectivity index (χ1n) is 3.41. The Balaban J connectivity index is 3.87. The first-order valence-corrected chi connectivity index (χ1v) is 6.17. The topological polar surface area (TPSA) is 18.5 Å². The first kappa shape index (κ1) is 10.4. The predicted octanol–water partition coefficient (Wildman–Crippen LogP) is 1.98. The van der Waals surface area contributed by atoms with E-state index in [9.17, 15) is 0 Å². The summed E-state index contributed by atoms with van der Waals surface area (Å²) in [6.07, 6.45) is 0. The molecule has 62 valence electrons. The van der Waals surface area contributed by atoms with Gasteiger partial charge in [-0.05, 0) is 6.04 Å². The van der Waals surface area contributed by atoms with Gasteiger partial charge in [-0.3, -0.25) is 0 Å². The van der Waals surface area contributed by atoms with E-state index in [1.54, 1.807) is 14.2 Å². The van der Waals surface area contributed by atoms with Crippen LogP contribution in [0.15, 0.2) is 0 Å². The van der Waals surface area contributed by atoms with Gasteiger partial charge in [0.2, 0.25) is 0 Å². The third kappa shape index (κ3) is 2.58. The Bertz CT molecular complexity index is 77.6. The SMILES string of the molecule is CC[Si](CCCl)(OC)OC. The van der Waals surface area contributed by atoms with Crippen molar-refractivity contribution >= 4 is 20.2 Å². The zero-order chi connectivity index (χ0) is 8.04. The molecule has 0 aromatic rings. The molecule has 0 saturated carbocycles. The van der Waals surface area contributed by atoms with E-state index in [1.807, 2.05) is 0 Å². The fourth-order valence-corrected chi connectivity index (χ4v) is 3.55. The van der Waals surface area contributed by atoms with Crippen LogP contribution in [0.1, 0.15) is 6.92 Å². The highest BCUT2D eigenvalue weighted by Crippen LogP contribution is 2.16. The van der Waals surface area contributed by atoms with Gasteiger partial charge in [-0.25, -0.2) is 0 Å². The van der Waals surface area contributed by atoms with Crippen LogP contribution in [0.3, 0.4) is 0 Å². The van der Waals surface area contributed by atoms with Crippen molar-refractivity contribution in [3.63, 3.8) is 0 Å². The Morgan fingerprint density at radius 2 is 1.80 bits per heavy atom. The maximum atomic E-state index is 5.60. The van der Waals surface area contributed by atoms with Gasteiger partial charge in [0.05, 0.1) is 0 Å². The first-order chi connectivity index (χ1) is 4.74. The number of hydrogen-bond donors (Lipinski definition) is 0. The monoisotopic (exact) mass is 182 g/mol. The van der Waals surface area contributed by atoms with E-state index < -0.39 is 8.56 Å². The second-order valence-corrected chi connectivity index (χ2v) is 6.33. The zero-order valence-corrected chi connectivity index (χ0v) is 8.57. The molecule has 0 heterocycles. The Kier molecular flexibility index (Phi) is 5.35. The predicted molar refractivity (Wildman–Crippen MR) is 45.8 cm³/mol. The Hall–Kier alpha value is 0.427. The highest BCUT2D eigenvalue weighted by Gasteiger charge is 2.31. The standard InChI is InChI=1S/C6H15ClO2Si/c1-4-10(8-2,9-3)6-5-7/h4-6H2,1-3H3. The fourth-order valence-electron chi connectivity index (χ4n) is 0.897. The van der Waals surface area contributed by atoms with E-state index in [0.717, 1.165) is 12.1 Å². The summed E-state index contributed by atoms with van der Waals surface area (Å²) < 4.78 is 10.6. The van der Waals surface area contributed by atoms with Crippen molar-refractivity contribution in [3.05, 3.63) is 0 Å². The molecule has 10 heavy (non-hydrogen) atoms. The lowest BCUT2D eigenvalue weighted by atomic mass is 10.9. The van der Waals surface area contributed by atoms with Crippen LogP contribution in [0.2, 0.25) is 12.1 Å². The average Bonchev–Trinajstić information content (AvgIpc) is 2.01. The van der Waals surface area contributed by atoms with Gasteiger partial charge in [0.1, 0.15) is 0 Å². The zero-order valence-electron chi connectivity index (χ0n) is 6.82. The quantitative estimate of drug-likeness (QED) is 0.478. The van der Waals surface area contributed by atoms with Crippen molar-refractivity contribution < 1.29 is 8.85 Å². The fraction of sp³-hybridized carbons (Fsp3) is 1.00. The lowest BCUT2D eigenvalue weighted by Crippen LogP contribution is -2.39. The third-order valence-electron chi connectivity index (χ3n) is 1.76. The number of rotatable bonds is 5. The van der Waals surface area contributed by atoms with Crippen LogP contribution >= 0.6 is 11.6 Å². The summed E-state index contributed by atoms with van der Waals surface area (Å²) in [5.41, 5.74) is 0. The largest absolute Gasteiger partial charge is 0.398 e. The summed E-state index contributed by atoms with van der Waals surface area (Å²) in [5, 5.41) is 0. The molecule has 0 aliphatic rings. The van der Waals surface area contributed by atoms with Crippen molar-refractivity contribution in [2.75, 3.05) is 20.1 Å². The maximum absolute atomic E-state index is 5.60. The van der Waals surface area contributed by atoms with E-state index in [2.05, 4.69) is 6.92 Å². The molecule has 0 aliphatic heterocycles. The van der Waals surface area contributed by atoms with Gasteiger partial charge in [0.25, 0.3) is 0 Å². The van der Waals surface area contributed by atoms with Crippen LogP contribution in [0.25, 0.3) is 0 Å². The molecule has 0 amide bonds. The van der Waals surface area contributed by atoms with E-state index >= 15 is 0 Å². The molecule has 0 radical (unpaired) electrons. The lowest BCUT2D eigenvalue weighted by molar-refractivity contribution is 0.245. The van der Waals surface area contributed by atoms with E-state index in [-0.39, 0.29) is 0 Å². The molecule has 0 aromatic carbocycles. The Morgan fingerprint density at radius 3 is 1.90 bits per heavy atom. The van der Waals surface area contributed by atoms with Crippen LogP contribution in [0.4, 0.5) is 0 Å². The number of hydrogen-bond acceptors (Lipinski definition) is 2. The smallest absolute Gasteiger partial charge is 0.338 e. The van der Waals surface area contributed by atoms with Crippen LogP contribution in [0.5, 0.6) is 0 Å². The molecule has 0 fully saturated rings. The minimum Gasteiger partial charge on any atom is -0.398 e. The number of alkyl halides is 1. The average molecular weight is 183 g/mol. The summed E-state index contributed by atoms with van der Waals surface area (Å²) in [6, 6.07) is 1.84. The second-order valence-electron chi connectivity index (χ2n) is 2.11. The van der Waals surface area contributed by atoms with Gasteiger partial charge in [-0.15, -0.1) is 11.6 Å². The van der Waals surface area contributed by atoms with Gasteiger partial charge in [0.15, 0.2) is 0 Å². The summed E-state index contributed by atoms with van der Waals surface area (Å²) in [6.45, 7) is 2.08. The van der Waals surface area contributed by atoms with Crippen molar-refractivity contribution in [1.82, 2.24) is 0 Å². The summed E-state index contributed by atoms with van der Waals surface area (Å²) >= 11 is 5.60. The molecule has 0 unspecified atom stereocenters. The molecule has 0 atom stereocenters. The van der Waals surface area contributed by atoms with Crippen LogP contribution < -0.4 is 0 Å². The van der Waals surface area contributed by atoms with Crippen molar-refractivity contribution in [2.24, 2.45) is 0 Å². The van der Waals surface area contributed by atoms with Gasteiger partial charge in [-0.2, -0.15) is 0 Å². The summed E-state index contributed by atoms with van der Waals surface area (Å²) in [7, 11) is 1.55. The minimum atomic E-state index is -1.85. The molecule has 2 nitrogen and oxygen atoms in total. The minimum absolute atomic E-state index is 0.627. The summed E-state index contributed by atoms with van der Waals surface area (Å²) in [4.78, 5) is 0. The van der Waals surface area contributed by atoms with Crippen LogP contribution in [-0.2, 0) is 8.85 Å². The lowest BCUT2D eigenvalue weighted by Gasteiger charge is -2.24. The van der Waals surface area contributed by atoms with Crippen LogP contribution in [0, 0.1) is 0 Å². The van der Waals surface area contributed by atoms with E-state index in [0.29, 0.717) is 5.88 Å². The van der Waals surface area contributed by atoms with Gasteiger partial charge < -0.3 is 8.85 Å². The molecular formula is C6H15ClO2Si. The molecule has 0 aliphatic carbocycles. The van der Waals surface area contributed by atoms with E-state index in [1.165, 1.54) is 0 Å². The Labute approximate surface area is 68.7 Å².